The maximum Gasteiger partial charge on any atom is 0.0933 e. The summed E-state index contributed by atoms with van der Waals surface area (Å²) in [6, 6.07) is 23.5. The molecule has 0 fully saturated rings. The molecule has 21 heavy (non-hydrogen) atoms. The van der Waals surface area contributed by atoms with Crippen molar-refractivity contribution >= 4 is 38.0 Å². The second kappa shape index (κ2) is 3.83. The molecule has 98 valence electrons. The molecular weight excluding hydrogens is 256 g/mol. The Bertz CT molecular complexity index is 1130. The number of nitrogens with zero attached hydrogens (tertiary/aromatic N) is 2. The van der Waals surface area contributed by atoms with Gasteiger partial charge in [-0.2, -0.15) is 5.10 Å². The highest BCUT2D eigenvalue weighted by atomic mass is 15.2. The quantitative estimate of drug-likeness (QED) is 0.369. The van der Waals surface area contributed by atoms with Gasteiger partial charge in [0.05, 0.1) is 11.0 Å². The van der Waals surface area contributed by atoms with Crippen LogP contribution < -0.4 is 0 Å². The van der Waals surface area contributed by atoms with Gasteiger partial charge in [-0.15, -0.1) is 0 Å². The molecule has 0 saturated heterocycles. The summed E-state index contributed by atoms with van der Waals surface area (Å²) in [5.41, 5.74) is 2.20. The smallest absolute Gasteiger partial charge is 0.0933 e. The molecule has 0 aliphatic carbocycles. The molecule has 2 heteroatoms. The van der Waals surface area contributed by atoms with Crippen LogP contribution in [0.1, 0.15) is 0 Å². The molecule has 0 spiro atoms. The van der Waals surface area contributed by atoms with Crippen LogP contribution >= 0.6 is 0 Å². The number of hydrogen-bond acceptors (Lipinski definition) is 1. The summed E-state index contributed by atoms with van der Waals surface area (Å²) in [7, 11) is 0. The van der Waals surface area contributed by atoms with E-state index in [1.54, 1.807) is 0 Å². The van der Waals surface area contributed by atoms with E-state index in [1.165, 1.54) is 26.9 Å². The fourth-order valence-electron chi connectivity index (χ4n) is 3.10. The summed E-state index contributed by atoms with van der Waals surface area (Å²) in [5.74, 6) is 0. The predicted molar refractivity (Wildman–Crippen MR) is 87.7 cm³/mol. The SMILES string of the molecule is c1ccc2cc3cn4nc5ccccc5c4cc3cc2c1. The lowest BCUT2D eigenvalue weighted by Crippen LogP contribution is -1.87. The van der Waals surface area contributed by atoms with Gasteiger partial charge in [0, 0.05) is 17.0 Å². The Hall–Kier alpha value is -2.87. The first-order valence-corrected chi connectivity index (χ1v) is 7.08. The maximum atomic E-state index is 4.66. The standard InChI is InChI=1S/C19H12N2/c1-2-6-14-10-16-12-21-19(11-15(16)9-13(14)5-1)17-7-3-4-8-18(17)20-21/h1-12H. The van der Waals surface area contributed by atoms with Gasteiger partial charge in [-0.3, -0.25) is 0 Å². The van der Waals surface area contributed by atoms with E-state index in [0.29, 0.717) is 0 Å². The van der Waals surface area contributed by atoms with Crippen molar-refractivity contribution in [2.45, 2.75) is 0 Å². The third kappa shape index (κ3) is 1.50. The van der Waals surface area contributed by atoms with Crippen molar-refractivity contribution in [3.63, 3.8) is 0 Å². The van der Waals surface area contributed by atoms with Crippen LogP contribution in [0, 0.1) is 0 Å². The van der Waals surface area contributed by atoms with Gasteiger partial charge >= 0.3 is 0 Å². The van der Waals surface area contributed by atoms with Gasteiger partial charge < -0.3 is 0 Å². The highest BCUT2D eigenvalue weighted by Crippen LogP contribution is 2.27. The largest absolute Gasteiger partial charge is 0.239 e. The van der Waals surface area contributed by atoms with Crippen LogP contribution in [0.15, 0.2) is 72.9 Å². The van der Waals surface area contributed by atoms with Crippen molar-refractivity contribution in [2.24, 2.45) is 0 Å². The minimum absolute atomic E-state index is 1.04. The Kier molecular flexibility index (Phi) is 1.98. The topological polar surface area (TPSA) is 17.3 Å². The molecule has 0 N–H and O–H groups in total. The molecule has 0 saturated carbocycles. The summed E-state index contributed by atoms with van der Waals surface area (Å²) in [6.45, 7) is 0. The Morgan fingerprint density at radius 1 is 0.667 bits per heavy atom. The molecule has 0 unspecified atom stereocenters. The highest BCUT2D eigenvalue weighted by molar-refractivity contribution is 6.03. The molecule has 0 atom stereocenters. The van der Waals surface area contributed by atoms with Crippen molar-refractivity contribution in [3.8, 4) is 0 Å². The van der Waals surface area contributed by atoms with Crippen LogP contribution in [0.2, 0.25) is 0 Å². The van der Waals surface area contributed by atoms with E-state index in [0.717, 1.165) is 11.0 Å². The zero-order chi connectivity index (χ0) is 13.8. The molecule has 2 aromatic heterocycles. The van der Waals surface area contributed by atoms with Gasteiger partial charge in [-0.25, -0.2) is 4.52 Å². The number of pyridine rings is 1. The Morgan fingerprint density at radius 3 is 2.24 bits per heavy atom. The number of aromatic nitrogens is 2. The Morgan fingerprint density at radius 2 is 1.38 bits per heavy atom. The molecule has 0 radical (unpaired) electrons. The van der Waals surface area contributed by atoms with E-state index in [-0.39, 0.29) is 0 Å². The monoisotopic (exact) mass is 268 g/mol. The van der Waals surface area contributed by atoms with Crippen LogP contribution in [-0.2, 0) is 0 Å². The molecule has 2 heterocycles. The van der Waals surface area contributed by atoms with Gasteiger partial charge in [0.15, 0.2) is 0 Å². The average Bonchev–Trinajstić information content (AvgIpc) is 2.88. The van der Waals surface area contributed by atoms with E-state index < -0.39 is 0 Å². The van der Waals surface area contributed by atoms with E-state index in [2.05, 4.69) is 72.0 Å². The van der Waals surface area contributed by atoms with E-state index >= 15 is 0 Å². The van der Waals surface area contributed by atoms with Crippen LogP contribution in [-0.4, -0.2) is 9.61 Å². The first kappa shape index (κ1) is 10.9. The van der Waals surface area contributed by atoms with Gasteiger partial charge in [-0.05, 0) is 40.4 Å². The minimum Gasteiger partial charge on any atom is -0.239 e. The van der Waals surface area contributed by atoms with Crippen molar-refractivity contribution in [2.75, 3.05) is 0 Å². The number of rotatable bonds is 0. The van der Waals surface area contributed by atoms with Gasteiger partial charge in [0.1, 0.15) is 0 Å². The fraction of sp³-hybridized carbons (Fsp3) is 0. The lowest BCUT2D eigenvalue weighted by Gasteiger charge is -2.03. The first-order chi connectivity index (χ1) is 10.4. The van der Waals surface area contributed by atoms with Crippen molar-refractivity contribution < 1.29 is 0 Å². The number of hydrogen-bond donors (Lipinski definition) is 0. The molecule has 5 aromatic rings. The fourth-order valence-corrected chi connectivity index (χ4v) is 3.10. The van der Waals surface area contributed by atoms with Crippen molar-refractivity contribution in [1.29, 1.82) is 0 Å². The molecule has 5 rings (SSSR count). The molecule has 0 aliphatic rings. The van der Waals surface area contributed by atoms with Gasteiger partial charge in [0.25, 0.3) is 0 Å². The van der Waals surface area contributed by atoms with Crippen LogP contribution in [0.5, 0.6) is 0 Å². The Labute approximate surface area is 121 Å². The minimum atomic E-state index is 1.04. The van der Waals surface area contributed by atoms with Crippen LogP contribution in [0.3, 0.4) is 0 Å². The highest BCUT2D eigenvalue weighted by Gasteiger charge is 2.06. The molecule has 0 aliphatic heterocycles. The summed E-state index contributed by atoms with van der Waals surface area (Å²) in [5, 5.41) is 10.9. The lowest BCUT2D eigenvalue weighted by atomic mass is 10.0. The average molecular weight is 268 g/mol. The van der Waals surface area contributed by atoms with Crippen molar-refractivity contribution in [3.05, 3.63) is 72.9 Å². The summed E-state index contributed by atoms with van der Waals surface area (Å²) in [4.78, 5) is 0. The van der Waals surface area contributed by atoms with Crippen molar-refractivity contribution in [1.82, 2.24) is 9.61 Å². The molecule has 2 nitrogen and oxygen atoms in total. The number of fused-ring (bicyclic) bond motifs is 5. The van der Waals surface area contributed by atoms with Gasteiger partial charge in [-0.1, -0.05) is 42.5 Å². The van der Waals surface area contributed by atoms with Crippen LogP contribution in [0.25, 0.3) is 38.0 Å². The van der Waals surface area contributed by atoms with Crippen LogP contribution in [0.4, 0.5) is 0 Å². The predicted octanol–water partition coefficient (Wildman–Crippen LogP) is 4.79. The van der Waals surface area contributed by atoms with E-state index in [9.17, 15) is 0 Å². The first-order valence-electron chi connectivity index (χ1n) is 7.08. The number of benzene rings is 3. The zero-order valence-corrected chi connectivity index (χ0v) is 11.3. The normalized spacial score (nSPS) is 11.8. The lowest BCUT2D eigenvalue weighted by molar-refractivity contribution is 0.991. The third-order valence-electron chi connectivity index (χ3n) is 4.15. The molecular formula is C19H12N2. The third-order valence-corrected chi connectivity index (χ3v) is 4.15. The Balaban J connectivity index is 1.99. The summed E-state index contributed by atoms with van der Waals surface area (Å²) >= 11 is 0. The van der Waals surface area contributed by atoms with E-state index in [4.69, 9.17) is 0 Å². The molecule has 0 bridgehead atoms. The second-order valence-electron chi connectivity index (χ2n) is 5.45. The summed E-state index contributed by atoms with van der Waals surface area (Å²) in [6.07, 6.45) is 2.12. The second-order valence-corrected chi connectivity index (χ2v) is 5.45. The van der Waals surface area contributed by atoms with E-state index in [1.807, 2.05) is 10.6 Å². The zero-order valence-electron chi connectivity index (χ0n) is 11.3. The molecule has 3 aromatic carbocycles. The summed E-state index contributed by atoms with van der Waals surface area (Å²) < 4.78 is 1.99. The molecule has 0 amide bonds. The maximum absolute atomic E-state index is 4.66. The van der Waals surface area contributed by atoms with Gasteiger partial charge in [0.2, 0.25) is 0 Å².